The van der Waals surface area contributed by atoms with E-state index in [0.29, 0.717) is 32.1 Å². The number of hydrogen-bond donors (Lipinski definition) is 2. The molecule has 2 fully saturated rings. The Kier molecular flexibility index (Phi) is 4.78. The van der Waals surface area contributed by atoms with Crippen LogP contribution in [0.15, 0.2) is 0 Å². The Morgan fingerprint density at radius 3 is 2.19 bits per heavy atom. The molecule has 2 aliphatic rings. The summed E-state index contributed by atoms with van der Waals surface area (Å²) < 4.78 is 38.9. The molecule has 4 atom stereocenters. The van der Waals surface area contributed by atoms with Gasteiger partial charge in [0.1, 0.15) is 0 Å². The van der Waals surface area contributed by atoms with Crippen LogP contribution in [0.5, 0.6) is 0 Å². The van der Waals surface area contributed by atoms with E-state index in [1.807, 2.05) is 0 Å². The van der Waals surface area contributed by atoms with Crippen LogP contribution in [0.25, 0.3) is 0 Å². The van der Waals surface area contributed by atoms with Gasteiger partial charge in [-0.3, -0.25) is 9.59 Å². The van der Waals surface area contributed by atoms with Crippen molar-refractivity contribution in [1.82, 2.24) is 5.32 Å². The molecule has 7 heteroatoms. The maximum Gasteiger partial charge on any atom is 0.393 e. The van der Waals surface area contributed by atoms with Gasteiger partial charge in [-0.2, -0.15) is 13.2 Å². The number of carboxylic acids is 1. The van der Waals surface area contributed by atoms with Crippen LogP contribution in [-0.4, -0.2) is 29.2 Å². The van der Waals surface area contributed by atoms with Crippen molar-refractivity contribution in [3.63, 3.8) is 0 Å². The number of halogens is 3. The molecule has 0 aromatic carbocycles. The summed E-state index contributed by atoms with van der Waals surface area (Å²) in [5.74, 6) is -3.85. The Morgan fingerprint density at radius 2 is 1.62 bits per heavy atom. The molecule has 2 rings (SSSR count). The van der Waals surface area contributed by atoms with Crippen LogP contribution in [0.2, 0.25) is 0 Å². The first kappa shape index (κ1) is 16.1. The van der Waals surface area contributed by atoms with Gasteiger partial charge in [-0.05, 0) is 32.1 Å². The van der Waals surface area contributed by atoms with Crippen LogP contribution in [0.3, 0.4) is 0 Å². The lowest BCUT2D eigenvalue weighted by Gasteiger charge is -2.34. The third-order valence-corrected chi connectivity index (χ3v) is 4.67. The van der Waals surface area contributed by atoms with Gasteiger partial charge >= 0.3 is 12.1 Å². The fourth-order valence-corrected chi connectivity index (χ4v) is 3.44. The second-order valence-electron chi connectivity index (χ2n) is 6.09. The van der Waals surface area contributed by atoms with E-state index in [-0.39, 0.29) is 12.8 Å². The maximum absolute atomic E-state index is 13.0. The first-order valence-electron chi connectivity index (χ1n) is 7.39. The zero-order valence-corrected chi connectivity index (χ0v) is 11.7. The third kappa shape index (κ3) is 3.89. The number of aliphatic carboxylic acids is 1. The van der Waals surface area contributed by atoms with Crippen LogP contribution < -0.4 is 5.32 Å². The average molecular weight is 307 g/mol. The highest BCUT2D eigenvalue weighted by Gasteiger charge is 2.46. The van der Waals surface area contributed by atoms with Crippen LogP contribution in [0.4, 0.5) is 13.2 Å². The second-order valence-corrected chi connectivity index (χ2v) is 6.09. The van der Waals surface area contributed by atoms with Crippen molar-refractivity contribution in [2.45, 2.75) is 57.2 Å². The Morgan fingerprint density at radius 1 is 1.00 bits per heavy atom. The molecule has 0 saturated heterocycles. The van der Waals surface area contributed by atoms with Gasteiger partial charge in [-0.1, -0.05) is 12.8 Å². The van der Waals surface area contributed by atoms with E-state index in [2.05, 4.69) is 5.32 Å². The third-order valence-electron chi connectivity index (χ3n) is 4.67. The minimum absolute atomic E-state index is 0.0524. The van der Waals surface area contributed by atoms with Gasteiger partial charge in [-0.15, -0.1) is 0 Å². The lowest BCUT2D eigenvalue weighted by atomic mass is 9.83. The molecule has 2 aliphatic carbocycles. The van der Waals surface area contributed by atoms with Crippen LogP contribution in [0.1, 0.15) is 44.9 Å². The minimum atomic E-state index is -4.29. The lowest BCUT2D eigenvalue weighted by Crippen LogP contribution is -2.49. The zero-order chi connectivity index (χ0) is 15.6. The van der Waals surface area contributed by atoms with Gasteiger partial charge in [0.25, 0.3) is 0 Å². The van der Waals surface area contributed by atoms with Crippen molar-refractivity contribution in [2.75, 3.05) is 0 Å². The summed E-state index contributed by atoms with van der Waals surface area (Å²) in [7, 11) is 0. The monoisotopic (exact) mass is 307 g/mol. The molecule has 0 aromatic rings. The number of carbonyl (C=O) groups excluding carboxylic acids is 1. The molecule has 120 valence electrons. The number of nitrogens with one attached hydrogen (secondary N) is 1. The number of carbonyl (C=O) groups is 2. The molecule has 0 radical (unpaired) electrons. The molecule has 21 heavy (non-hydrogen) atoms. The molecule has 1 amide bonds. The van der Waals surface area contributed by atoms with Crippen LogP contribution >= 0.6 is 0 Å². The summed E-state index contributed by atoms with van der Waals surface area (Å²) in [6, 6.07) is -0.866. The van der Waals surface area contributed by atoms with Crippen LogP contribution in [-0.2, 0) is 9.59 Å². The molecule has 2 saturated carbocycles. The van der Waals surface area contributed by atoms with E-state index in [1.165, 1.54) is 0 Å². The van der Waals surface area contributed by atoms with Gasteiger partial charge in [0.05, 0.1) is 11.8 Å². The van der Waals surface area contributed by atoms with E-state index < -0.39 is 41.8 Å². The fourth-order valence-electron chi connectivity index (χ4n) is 3.44. The summed E-state index contributed by atoms with van der Waals surface area (Å²) in [4.78, 5) is 22.9. The number of rotatable bonds is 3. The van der Waals surface area contributed by atoms with E-state index in [0.717, 1.165) is 0 Å². The molecular weight excluding hydrogens is 287 g/mol. The highest BCUT2D eigenvalue weighted by Crippen LogP contribution is 2.38. The molecule has 0 spiro atoms. The number of carboxylic acid groups (broad SMARTS) is 1. The second kappa shape index (κ2) is 6.23. The maximum atomic E-state index is 13.0. The van der Waals surface area contributed by atoms with Crippen LogP contribution in [0, 0.1) is 17.8 Å². The average Bonchev–Trinajstić information content (AvgIpc) is 2.88. The fraction of sp³-hybridized carbons (Fsp3) is 0.857. The van der Waals surface area contributed by atoms with E-state index in [1.54, 1.807) is 0 Å². The first-order chi connectivity index (χ1) is 9.79. The molecule has 4 nitrogen and oxygen atoms in total. The van der Waals surface area contributed by atoms with E-state index in [4.69, 9.17) is 5.11 Å². The SMILES string of the molecule is O=C(O)[C@H]1CC[C@@H](C(=O)NC2CCCCC2C(F)(F)F)C1. The standard InChI is InChI=1S/C14H20F3NO3/c15-14(16,17)10-3-1-2-4-11(10)18-12(19)8-5-6-9(7-8)13(20)21/h8-11H,1-7H2,(H,18,19)(H,20,21)/t8-,9+,10?,11?/m1/s1. The van der Waals surface area contributed by atoms with E-state index >= 15 is 0 Å². The normalized spacial score (nSPS) is 33.7. The Bertz CT molecular complexity index is 411. The Hall–Kier alpha value is -1.27. The van der Waals surface area contributed by atoms with Crippen molar-refractivity contribution in [3.8, 4) is 0 Å². The summed E-state index contributed by atoms with van der Waals surface area (Å²) >= 11 is 0. The van der Waals surface area contributed by atoms with Crippen molar-refractivity contribution in [3.05, 3.63) is 0 Å². The summed E-state index contributed by atoms with van der Waals surface area (Å²) in [6.45, 7) is 0. The summed E-state index contributed by atoms with van der Waals surface area (Å²) in [5.41, 5.74) is 0. The first-order valence-corrected chi connectivity index (χ1v) is 7.39. The van der Waals surface area contributed by atoms with Gasteiger partial charge in [-0.25, -0.2) is 0 Å². The Labute approximate surface area is 121 Å². The largest absolute Gasteiger partial charge is 0.481 e. The van der Waals surface area contributed by atoms with Gasteiger partial charge in [0.2, 0.25) is 5.91 Å². The molecule has 0 aromatic heterocycles. The lowest BCUT2D eigenvalue weighted by molar-refractivity contribution is -0.189. The number of hydrogen-bond acceptors (Lipinski definition) is 2. The van der Waals surface area contributed by atoms with Gasteiger partial charge in [0.15, 0.2) is 0 Å². The molecule has 0 heterocycles. The molecule has 2 unspecified atom stereocenters. The van der Waals surface area contributed by atoms with Crippen molar-refractivity contribution >= 4 is 11.9 Å². The van der Waals surface area contributed by atoms with Crippen molar-refractivity contribution in [2.24, 2.45) is 17.8 Å². The predicted octanol–water partition coefficient (Wildman–Crippen LogP) is 2.72. The summed E-state index contributed by atoms with van der Waals surface area (Å²) in [6.07, 6.45) is -1.61. The summed E-state index contributed by atoms with van der Waals surface area (Å²) in [5, 5.41) is 11.4. The zero-order valence-electron chi connectivity index (χ0n) is 11.7. The minimum Gasteiger partial charge on any atom is -0.481 e. The predicted molar refractivity (Wildman–Crippen MR) is 68.4 cm³/mol. The Balaban J connectivity index is 1.93. The highest BCUT2D eigenvalue weighted by molar-refractivity contribution is 5.81. The molecule has 0 aliphatic heterocycles. The van der Waals surface area contributed by atoms with Gasteiger partial charge < -0.3 is 10.4 Å². The number of alkyl halides is 3. The van der Waals surface area contributed by atoms with Crippen molar-refractivity contribution < 1.29 is 27.9 Å². The quantitative estimate of drug-likeness (QED) is 0.842. The highest BCUT2D eigenvalue weighted by atomic mass is 19.4. The molecule has 0 bridgehead atoms. The molecule has 2 N–H and O–H groups in total. The topological polar surface area (TPSA) is 66.4 Å². The molecular formula is C14H20F3NO3. The van der Waals surface area contributed by atoms with Gasteiger partial charge in [0, 0.05) is 12.0 Å². The van der Waals surface area contributed by atoms with E-state index in [9.17, 15) is 22.8 Å². The number of amides is 1. The van der Waals surface area contributed by atoms with Crippen molar-refractivity contribution in [1.29, 1.82) is 0 Å². The smallest absolute Gasteiger partial charge is 0.393 e.